The van der Waals surface area contributed by atoms with Crippen LogP contribution in [0.1, 0.15) is 42.6 Å². The van der Waals surface area contributed by atoms with Crippen LogP contribution in [-0.4, -0.2) is 20.6 Å². The number of hydrogen-bond acceptors (Lipinski definition) is 2. The van der Waals surface area contributed by atoms with Crippen molar-refractivity contribution in [2.75, 3.05) is 0 Å². The number of nitrogens with zero attached hydrogens (tertiary/aromatic N) is 1. The van der Waals surface area contributed by atoms with Gasteiger partial charge in [0.2, 0.25) is 0 Å². The van der Waals surface area contributed by atoms with Crippen molar-refractivity contribution >= 4 is 17.0 Å². The molecule has 0 amide bonds. The van der Waals surface area contributed by atoms with Gasteiger partial charge in [0.15, 0.2) is 0 Å². The van der Waals surface area contributed by atoms with Crippen LogP contribution in [0.5, 0.6) is 0 Å². The predicted molar refractivity (Wildman–Crippen MR) is 71.6 cm³/mol. The minimum Gasteiger partial charge on any atom is -0.478 e. The molecule has 1 unspecified atom stereocenters. The van der Waals surface area contributed by atoms with Gasteiger partial charge in [-0.05, 0) is 43.9 Å². The maximum Gasteiger partial charge on any atom is 0.335 e. The average molecular weight is 260 g/mol. The number of carboxylic acid groups (broad SMARTS) is 1. The summed E-state index contributed by atoms with van der Waals surface area (Å²) in [5.41, 5.74) is 1.42. The standard InChI is InChI=1S/C14H16N2O3/c1-8(9-3-2-4-9)16-12-6-5-10(13(17)18)7-11(12)15-14(16)19/h5-9H,2-4H2,1H3,(H,15,19)(H,17,18). The minimum absolute atomic E-state index is 0.156. The molecule has 3 rings (SSSR count). The Morgan fingerprint density at radius 3 is 2.79 bits per heavy atom. The van der Waals surface area contributed by atoms with Gasteiger partial charge in [0.25, 0.3) is 0 Å². The molecule has 0 spiro atoms. The van der Waals surface area contributed by atoms with Crippen molar-refractivity contribution in [1.82, 2.24) is 9.55 Å². The topological polar surface area (TPSA) is 75.1 Å². The largest absolute Gasteiger partial charge is 0.478 e. The highest BCUT2D eigenvalue weighted by Crippen LogP contribution is 2.36. The third kappa shape index (κ3) is 1.85. The number of benzene rings is 1. The smallest absolute Gasteiger partial charge is 0.335 e. The number of aromatic nitrogens is 2. The highest BCUT2D eigenvalue weighted by atomic mass is 16.4. The van der Waals surface area contributed by atoms with Gasteiger partial charge >= 0.3 is 11.7 Å². The van der Waals surface area contributed by atoms with Crippen molar-refractivity contribution in [1.29, 1.82) is 0 Å². The van der Waals surface area contributed by atoms with Crippen LogP contribution in [0.4, 0.5) is 0 Å². The van der Waals surface area contributed by atoms with Crippen LogP contribution in [0.2, 0.25) is 0 Å². The number of aromatic amines is 1. The van der Waals surface area contributed by atoms with E-state index in [0.717, 1.165) is 18.4 Å². The molecule has 5 nitrogen and oxygen atoms in total. The number of carbonyl (C=O) groups is 1. The zero-order chi connectivity index (χ0) is 13.6. The van der Waals surface area contributed by atoms with Crippen LogP contribution in [0.15, 0.2) is 23.0 Å². The first-order valence-corrected chi connectivity index (χ1v) is 6.55. The molecule has 19 heavy (non-hydrogen) atoms. The van der Waals surface area contributed by atoms with Gasteiger partial charge in [-0.15, -0.1) is 0 Å². The molecular weight excluding hydrogens is 244 g/mol. The van der Waals surface area contributed by atoms with Crippen molar-refractivity contribution in [2.24, 2.45) is 5.92 Å². The molecule has 100 valence electrons. The lowest BCUT2D eigenvalue weighted by Crippen LogP contribution is -2.29. The number of nitrogens with one attached hydrogen (secondary N) is 1. The summed E-state index contributed by atoms with van der Waals surface area (Å²) in [6, 6.07) is 4.93. The third-order valence-electron chi connectivity index (χ3n) is 4.20. The van der Waals surface area contributed by atoms with E-state index in [-0.39, 0.29) is 17.3 Å². The lowest BCUT2D eigenvalue weighted by molar-refractivity contribution is 0.0697. The SMILES string of the molecule is CC(C1CCC1)n1c(=O)[nH]c2cc(C(=O)O)ccc21. The summed E-state index contributed by atoms with van der Waals surface area (Å²) in [5.74, 6) is -0.432. The van der Waals surface area contributed by atoms with Gasteiger partial charge in [0, 0.05) is 6.04 Å². The van der Waals surface area contributed by atoms with E-state index in [0.29, 0.717) is 11.4 Å². The Morgan fingerprint density at radius 1 is 1.47 bits per heavy atom. The summed E-state index contributed by atoms with van der Waals surface area (Å²) < 4.78 is 1.75. The number of H-pyrrole nitrogens is 1. The second-order valence-corrected chi connectivity index (χ2v) is 5.27. The Balaban J connectivity index is 2.11. The minimum atomic E-state index is -0.984. The molecule has 0 radical (unpaired) electrons. The van der Waals surface area contributed by atoms with E-state index in [4.69, 9.17) is 5.11 Å². The van der Waals surface area contributed by atoms with Crippen LogP contribution < -0.4 is 5.69 Å². The highest BCUT2D eigenvalue weighted by Gasteiger charge is 2.27. The lowest BCUT2D eigenvalue weighted by atomic mass is 9.80. The van der Waals surface area contributed by atoms with Crippen molar-refractivity contribution in [3.63, 3.8) is 0 Å². The zero-order valence-electron chi connectivity index (χ0n) is 10.7. The molecule has 1 aromatic heterocycles. The van der Waals surface area contributed by atoms with Gasteiger partial charge in [0.1, 0.15) is 0 Å². The van der Waals surface area contributed by atoms with Crippen molar-refractivity contribution in [2.45, 2.75) is 32.2 Å². The van der Waals surface area contributed by atoms with Gasteiger partial charge in [0.05, 0.1) is 16.6 Å². The van der Waals surface area contributed by atoms with Gasteiger partial charge in [-0.1, -0.05) is 6.42 Å². The first-order chi connectivity index (χ1) is 9.08. The van der Waals surface area contributed by atoms with E-state index in [1.165, 1.54) is 12.5 Å². The van der Waals surface area contributed by atoms with Crippen LogP contribution in [0, 0.1) is 5.92 Å². The molecule has 1 heterocycles. The Kier molecular flexibility index (Phi) is 2.69. The lowest BCUT2D eigenvalue weighted by Gasteiger charge is -2.32. The summed E-state index contributed by atoms with van der Waals surface area (Å²) in [5, 5.41) is 8.97. The average Bonchev–Trinajstić information content (AvgIpc) is 2.61. The molecule has 0 bridgehead atoms. The van der Waals surface area contributed by atoms with E-state index in [2.05, 4.69) is 11.9 Å². The summed E-state index contributed by atoms with van der Waals surface area (Å²) in [6.45, 7) is 2.06. The summed E-state index contributed by atoms with van der Waals surface area (Å²) in [6.07, 6.45) is 3.55. The maximum absolute atomic E-state index is 12.1. The molecule has 1 saturated carbocycles. The molecule has 2 N–H and O–H groups in total. The second kappa shape index (κ2) is 4.26. The van der Waals surface area contributed by atoms with Crippen molar-refractivity contribution in [3.05, 3.63) is 34.2 Å². The van der Waals surface area contributed by atoms with Gasteiger partial charge in [-0.2, -0.15) is 0 Å². The van der Waals surface area contributed by atoms with E-state index in [1.807, 2.05) is 0 Å². The Hall–Kier alpha value is -2.04. The number of carboxylic acids is 1. The molecular formula is C14H16N2O3. The molecule has 1 aliphatic carbocycles. The monoisotopic (exact) mass is 260 g/mol. The number of rotatable bonds is 3. The number of imidazole rings is 1. The van der Waals surface area contributed by atoms with Crippen LogP contribution >= 0.6 is 0 Å². The van der Waals surface area contributed by atoms with E-state index in [9.17, 15) is 9.59 Å². The normalized spacial score (nSPS) is 17.3. The Morgan fingerprint density at radius 2 is 2.21 bits per heavy atom. The van der Waals surface area contributed by atoms with Crippen molar-refractivity contribution < 1.29 is 9.90 Å². The van der Waals surface area contributed by atoms with E-state index in [1.54, 1.807) is 16.7 Å². The first-order valence-electron chi connectivity index (χ1n) is 6.55. The quantitative estimate of drug-likeness (QED) is 0.889. The van der Waals surface area contributed by atoms with Gasteiger partial charge < -0.3 is 10.1 Å². The fraction of sp³-hybridized carbons (Fsp3) is 0.429. The predicted octanol–water partition coefficient (Wildman–Crippen LogP) is 2.39. The van der Waals surface area contributed by atoms with E-state index >= 15 is 0 Å². The number of fused-ring (bicyclic) bond motifs is 1. The summed E-state index contributed by atoms with van der Waals surface area (Å²) >= 11 is 0. The van der Waals surface area contributed by atoms with Gasteiger partial charge in [-0.3, -0.25) is 4.57 Å². The Labute approximate surface area is 109 Å². The molecule has 1 fully saturated rings. The zero-order valence-corrected chi connectivity index (χ0v) is 10.7. The summed E-state index contributed by atoms with van der Waals surface area (Å²) in [4.78, 5) is 25.8. The fourth-order valence-electron chi connectivity index (χ4n) is 2.80. The summed E-state index contributed by atoms with van der Waals surface area (Å²) in [7, 11) is 0. The molecule has 1 aromatic carbocycles. The van der Waals surface area contributed by atoms with E-state index < -0.39 is 5.97 Å². The van der Waals surface area contributed by atoms with Crippen molar-refractivity contribution in [3.8, 4) is 0 Å². The molecule has 0 aliphatic heterocycles. The number of aromatic carboxylic acids is 1. The molecule has 1 atom stereocenters. The highest BCUT2D eigenvalue weighted by molar-refractivity contribution is 5.92. The Bertz CT molecular complexity index is 694. The fourth-order valence-corrected chi connectivity index (χ4v) is 2.80. The molecule has 0 saturated heterocycles. The van der Waals surface area contributed by atoms with Crippen LogP contribution in [0.25, 0.3) is 11.0 Å². The molecule has 1 aliphatic rings. The van der Waals surface area contributed by atoms with Crippen LogP contribution in [0.3, 0.4) is 0 Å². The number of hydrogen-bond donors (Lipinski definition) is 2. The third-order valence-corrected chi connectivity index (χ3v) is 4.20. The molecule has 2 aromatic rings. The molecule has 5 heteroatoms. The van der Waals surface area contributed by atoms with Crippen LogP contribution in [-0.2, 0) is 0 Å². The van der Waals surface area contributed by atoms with Gasteiger partial charge in [-0.25, -0.2) is 9.59 Å². The first kappa shape index (κ1) is 12.0. The second-order valence-electron chi connectivity index (χ2n) is 5.27. The maximum atomic E-state index is 12.1.